The topological polar surface area (TPSA) is 111 Å². The Bertz CT molecular complexity index is 1720. The summed E-state index contributed by atoms with van der Waals surface area (Å²) in [4.78, 5) is 0. The third kappa shape index (κ3) is 6.28. The van der Waals surface area contributed by atoms with Crippen LogP contribution in [0.5, 0.6) is 34.5 Å². The maximum Gasteiger partial charge on any atom is 0.158 e. The summed E-state index contributed by atoms with van der Waals surface area (Å²) in [6.45, 7) is 0. The Morgan fingerprint density at radius 2 is 0.925 bits per heavy atom. The molecule has 6 heteroatoms. The maximum absolute atomic E-state index is 10.2. The first kappa shape index (κ1) is 25.7. The van der Waals surface area contributed by atoms with Crippen LogP contribution in [0.15, 0.2) is 109 Å². The zero-order valence-electron chi connectivity index (χ0n) is 21.3. The Morgan fingerprint density at radius 3 is 1.38 bits per heavy atom. The summed E-state index contributed by atoms with van der Waals surface area (Å²) in [7, 11) is 0. The van der Waals surface area contributed by atoms with Gasteiger partial charge in [0.1, 0.15) is 28.7 Å². The zero-order chi connectivity index (χ0) is 27.9. The van der Waals surface area contributed by atoms with Gasteiger partial charge in [-0.25, -0.2) is 0 Å². The van der Waals surface area contributed by atoms with Crippen LogP contribution in [0.4, 0.5) is 11.4 Å². The Morgan fingerprint density at radius 1 is 0.475 bits per heavy atom. The van der Waals surface area contributed by atoms with E-state index in [1.165, 1.54) is 12.1 Å². The van der Waals surface area contributed by atoms with Crippen LogP contribution in [-0.2, 0) is 0 Å². The Balaban J connectivity index is 1.67. The van der Waals surface area contributed by atoms with Gasteiger partial charge in [0, 0.05) is 35.4 Å². The van der Waals surface area contributed by atoms with Crippen molar-refractivity contribution >= 4 is 11.4 Å². The quantitative estimate of drug-likeness (QED) is 0.119. The summed E-state index contributed by atoms with van der Waals surface area (Å²) >= 11 is 0. The monoisotopic (exact) mass is 524 g/mol. The number of hydrogen-bond donors (Lipinski definition) is 4. The highest BCUT2D eigenvalue weighted by molar-refractivity contribution is 5.64. The molecule has 5 aromatic rings. The SMILES string of the molecule is Nc1ccc(Oc2cc(C#Cc3ccccc3)c(Oc3ccc(N)c(O)c3)c(C#Cc3ccccc3)c2)cc1O. The van der Waals surface area contributed by atoms with E-state index in [9.17, 15) is 10.2 Å². The average Bonchev–Trinajstić information content (AvgIpc) is 2.97. The Hall–Kier alpha value is -5.98. The molecule has 0 aliphatic heterocycles. The van der Waals surface area contributed by atoms with Crippen molar-refractivity contribution in [1.29, 1.82) is 0 Å². The molecule has 5 aromatic carbocycles. The van der Waals surface area contributed by atoms with Crippen LogP contribution in [0.3, 0.4) is 0 Å². The van der Waals surface area contributed by atoms with Gasteiger partial charge in [-0.15, -0.1) is 0 Å². The summed E-state index contributed by atoms with van der Waals surface area (Å²) < 4.78 is 12.3. The average molecular weight is 525 g/mol. The molecule has 194 valence electrons. The number of benzene rings is 5. The number of nitrogen functional groups attached to an aromatic ring is 2. The van der Waals surface area contributed by atoms with Crippen LogP contribution >= 0.6 is 0 Å². The van der Waals surface area contributed by atoms with E-state index in [0.717, 1.165) is 11.1 Å². The van der Waals surface area contributed by atoms with Gasteiger partial charge in [-0.3, -0.25) is 0 Å². The zero-order valence-corrected chi connectivity index (χ0v) is 21.3. The van der Waals surface area contributed by atoms with Gasteiger partial charge >= 0.3 is 0 Å². The van der Waals surface area contributed by atoms with Gasteiger partial charge in [-0.05, 0) is 48.5 Å². The number of rotatable bonds is 4. The lowest BCUT2D eigenvalue weighted by molar-refractivity contribution is 0.448. The molecule has 0 saturated heterocycles. The first-order chi connectivity index (χ1) is 19.4. The molecule has 0 unspecified atom stereocenters. The standard InChI is InChI=1S/C34H24N2O4/c35-30-17-15-27(21-32(30)37)39-29-19-25(13-11-23-7-3-1-4-8-23)34(40-28-16-18-31(36)33(38)22-28)26(20-29)14-12-24-9-5-2-6-10-24/h1-10,15-22,37-38H,35-36H2. The molecule has 0 fully saturated rings. The molecule has 0 radical (unpaired) electrons. The summed E-state index contributed by atoms with van der Waals surface area (Å²) in [5, 5.41) is 20.2. The summed E-state index contributed by atoms with van der Waals surface area (Å²) in [5.41, 5.74) is 14.6. The molecule has 0 saturated carbocycles. The van der Waals surface area contributed by atoms with Gasteiger partial charge in [0.2, 0.25) is 0 Å². The van der Waals surface area contributed by atoms with Crippen molar-refractivity contribution in [2.24, 2.45) is 0 Å². The number of ether oxygens (including phenoxy) is 2. The largest absolute Gasteiger partial charge is 0.506 e. The Labute approximate surface area is 232 Å². The number of phenols is 2. The van der Waals surface area contributed by atoms with Crippen LogP contribution in [0.2, 0.25) is 0 Å². The predicted molar refractivity (Wildman–Crippen MR) is 156 cm³/mol. The van der Waals surface area contributed by atoms with Crippen molar-refractivity contribution in [2.45, 2.75) is 0 Å². The van der Waals surface area contributed by atoms with Gasteiger partial charge in [0.05, 0.1) is 22.5 Å². The molecule has 0 amide bonds. The van der Waals surface area contributed by atoms with E-state index >= 15 is 0 Å². The van der Waals surface area contributed by atoms with Crippen molar-refractivity contribution in [3.63, 3.8) is 0 Å². The molecule has 0 aliphatic rings. The minimum atomic E-state index is -0.102. The smallest absolute Gasteiger partial charge is 0.158 e. The fraction of sp³-hybridized carbons (Fsp3) is 0. The number of hydrogen-bond acceptors (Lipinski definition) is 6. The summed E-state index contributed by atoms with van der Waals surface area (Å²) in [6.07, 6.45) is 0. The molecule has 5 rings (SSSR count). The third-order valence-corrected chi connectivity index (χ3v) is 5.75. The second-order valence-corrected chi connectivity index (χ2v) is 8.72. The van der Waals surface area contributed by atoms with E-state index in [-0.39, 0.29) is 22.9 Å². The maximum atomic E-state index is 10.2. The van der Waals surface area contributed by atoms with E-state index in [1.807, 2.05) is 60.7 Å². The van der Waals surface area contributed by atoms with Crippen molar-refractivity contribution < 1.29 is 19.7 Å². The van der Waals surface area contributed by atoms with Gasteiger partial charge < -0.3 is 31.2 Å². The van der Waals surface area contributed by atoms with Crippen LogP contribution < -0.4 is 20.9 Å². The van der Waals surface area contributed by atoms with Crippen LogP contribution in [-0.4, -0.2) is 10.2 Å². The molecular weight excluding hydrogens is 500 g/mol. The molecule has 0 spiro atoms. The van der Waals surface area contributed by atoms with E-state index in [2.05, 4.69) is 23.7 Å². The molecule has 0 atom stereocenters. The normalized spacial score (nSPS) is 10.0. The van der Waals surface area contributed by atoms with Gasteiger partial charge in [-0.2, -0.15) is 0 Å². The summed E-state index contributed by atoms with van der Waals surface area (Å²) in [5.74, 6) is 14.0. The van der Waals surface area contributed by atoms with E-state index in [4.69, 9.17) is 20.9 Å². The highest BCUT2D eigenvalue weighted by Gasteiger charge is 2.15. The van der Waals surface area contributed by atoms with Crippen molar-refractivity contribution in [1.82, 2.24) is 0 Å². The van der Waals surface area contributed by atoms with Crippen LogP contribution in [0, 0.1) is 23.7 Å². The van der Waals surface area contributed by atoms with E-state index < -0.39 is 0 Å². The molecule has 0 bridgehead atoms. The van der Waals surface area contributed by atoms with Crippen LogP contribution in [0.1, 0.15) is 22.3 Å². The minimum absolute atomic E-state index is 0.0891. The fourth-order valence-corrected chi connectivity index (χ4v) is 3.71. The molecule has 40 heavy (non-hydrogen) atoms. The molecule has 0 aromatic heterocycles. The van der Waals surface area contributed by atoms with Crippen molar-refractivity contribution in [2.75, 3.05) is 11.5 Å². The number of phenolic OH excluding ortho intramolecular Hbond substituents is 2. The van der Waals surface area contributed by atoms with E-state index in [1.54, 1.807) is 36.4 Å². The second kappa shape index (κ2) is 11.6. The lowest BCUT2D eigenvalue weighted by Gasteiger charge is -2.14. The van der Waals surface area contributed by atoms with Crippen LogP contribution in [0.25, 0.3) is 0 Å². The first-order valence-electron chi connectivity index (χ1n) is 12.3. The van der Waals surface area contributed by atoms with Gasteiger partial charge in [-0.1, -0.05) is 60.1 Å². The molecule has 0 heterocycles. The molecule has 6 nitrogen and oxygen atoms in total. The lowest BCUT2D eigenvalue weighted by atomic mass is 10.1. The number of anilines is 2. The predicted octanol–water partition coefficient (Wildman–Crippen LogP) is 6.65. The highest BCUT2D eigenvalue weighted by Crippen LogP contribution is 2.37. The Kier molecular flexibility index (Phi) is 7.44. The fourth-order valence-electron chi connectivity index (χ4n) is 3.71. The van der Waals surface area contributed by atoms with E-state index in [0.29, 0.717) is 34.1 Å². The molecular formula is C34H24N2O4. The van der Waals surface area contributed by atoms with Crippen molar-refractivity contribution in [3.8, 4) is 58.2 Å². The molecule has 0 aliphatic carbocycles. The van der Waals surface area contributed by atoms with Gasteiger partial charge in [0.15, 0.2) is 5.75 Å². The molecule has 6 N–H and O–H groups in total. The van der Waals surface area contributed by atoms with Gasteiger partial charge in [0.25, 0.3) is 0 Å². The second-order valence-electron chi connectivity index (χ2n) is 8.72. The number of nitrogens with two attached hydrogens (primary N) is 2. The minimum Gasteiger partial charge on any atom is -0.506 e. The lowest BCUT2D eigenvalue weighted by Crippen LogP contribution is -1.96. The van der Waals surface area contributed by atoms with Crippen molar-refractivity contribution in [3.05, 3.63) is 131 Å². The first-order valence-corrected chi connectivity index (χ1v) is 12.3. The highest BCUT2D eigenvalue weighted by atomic mass is 16.5. The number of aromatic hydroxyl groups is 2. The third-order valence-electron chi connectivity index (χ3n) is 5.75. The summed E-state index contributed by atoms with van der Waals surface area (Å²) in [6, 6.07) is 31.8.